The molecule has 3 heteroatoms. The number of rotatable bonds is 8. The Balaban J connectivity index is 1.25. The first-order valence-electron chi connectivity index (χ1n) is 12.5. The van der Waals surface area contributed by atoms with Gasteiger partial charge in [0.25, 0.3) is 0 Å². The molecule has 2 heterocycles. The van der Waals surface area contributed by atoms with E-state index in [9.17, 15) is 0 Å². The van der Waals surface area contributed by atoms with Crippen molar-refractivity contribution in [2.45, 2.75) is 97.0 Å². The van der Waals surface area contributed by atoms with E-state index in [2.05, 4.69) is 26.0 Å². The van der Waals surface area contributed by atoms with E-state index in [0.717, 1.165) is 59.8 Å². The van der Waals surface area contributed by atoms with Crippen LogP contribution in [0.2, 0.25) is 0 Å². The summed E-state index contributed by atoms with van der Waals surface area (Å²) in [4.78, 5) is 1.30. The van der Waals surface area contributed by atoms with Gasteiger partial charge in [0, 0.05) is 11.5 Å². The summed E-state index contributed by atoms with van der Waals surface area (Å²) in [5, 5.41) is 1.07. The number of hydrogen-bond donors (Lipinski definition) is 0. The molecule has 0 radical (unpaired) electrons. The molecule has 1 saturated heterocycles. The van der Waals surface area contributed by atoms with Gasteiger partial charge >= 0.3 is 0 Å². The van der Waals surface area contributed by atoms with Gasteiger partial charge in [-0.05, 0) is 79.7 Å². The Morgan fingerprint density at radius 2 is 1.73 bits per heavy atom. The van der Waals surface area contributed by atoms with Gasteiger partial charge in [-0.15, -0.1) is 11.3 Å². The van der Waals surface area contributed by atoms with Crippen molar-refractivity contribution in [1.29, 1.82) is 0 Å². The van der Waals surface area contributed by atoms with E-state index < -0.39 is 0 Å². The van der Waals surface area contributed by atoms with Crippen molar-refractivity contribution >= 4 is 21.4 Å². The highest BCUT2D eigenvalue weighted by molar-refractivity contribution is 7.19. The molecule has 0 N–H and O–H groups in total. The molecule has 1 aromatic carbocycles. The highest BCUT2D eigenvalue weighted by atomic mass is 32.1. The van der Waals surface area contributed by atoms with Crippen LogP contribution in [0.3, 0.4) is 0 Å². The minimum atomic E-state index is 0.0262. The van der Waals surface area contributed by atoms with Crippen LogP contribution in [-0.4, -0.2) is 12.7 Å². The third-order valence-electron chi connectivity index (χ3n) is 7.60. The summed E-state index contributed by atoms with van der Waals surface area (Å²) in [6.07, 6.45) is 15.3. The molecule has 2 unspecified atom stereocenters. The van der Waals surface area contributed by atoms with Crippen LogP contribution in [0.25, 0.3) is 10.1 Å². The lowest BCUT2D eigenvalue weighted by molar-refractivity contribution is -0.0594. The van der Waals surface area contributed by atoms with Crippen molar-refractivity contribution in [3.8, 4) is 0 Å². The number of aryl methyl sites for hydroxylation is 2. The molecule has 2 aliphatic rings. The van der Waals surface area contributed by atoms with Crippen LogP contribution in [0.5, 0.6) is 0 Å². The Labute approximate surface area is 186 Å². The van der Waals surface area contributed by atoms with Gasteiger partial charge in [0.15, 0.2) is 0 Å². The Kier molecular flexibility index (Phi) is 7.86. The van der Waals surface area contributed by atoms with Crippen molar-refractivity contribution in [3.05, 3.63) is 34.5 Å². The molecule has 2 fully saturated rings. The van der Waals surface area contributed by atoms with Crippen LogP contribution >= 0.6 is 11.3 Å². The number of hydrogen-bond acceptors (Lipinski definition) is 2. The van der Waals surface area contributed by atoms with Gasteiger partial charge in [-0.2, -0.15) is 0 Å². The molecule has 30 heavy (non-hydrogen) atoms. The van der Waals surface area contributed by atoms with E-state index in [1.165, 1.54) is 56.2 Å². The van der Waals surface area contributed by atoms with Crippen molar-refractivity contribution in [3.63, 3.8) is 0 Å². The summed E-state index contributed by atoms with van der Waals surface area (Å²) in [5.74, 6) is 2.37. The molecule has 166 valence electrons. The van der Waals surface area contributed by atoms with Crippen molar-refractivity contribution in [2.75, 3.05) is 6.61 Å². The molecule has 0 amide bonds. The molecule has 1 aliphatic heterocycles. The average molecular weight is 431 g/mol. The average Bonchev–Trinajstić information content (AvgIpc) is 3.18. The quantitative estimate of drug-likeness (QED) is 0.409. The molecule has 1 saturated carbocycles. The van der Waals surface area contributed by atoms with Crippen molar-refractivity contribution in [1.82, 2.24) is 0 Å². The minimum Gasteiger partial charge on any atom is -0.378 e. The minimum absolute atomic E-state index is 0.0262. The number of thiophene rings is 1. The van der Waals surface area contributed by atoms with Crippen LogP contribution in [0.1, 0.15) is 88.5 Å². The number of benzene rings is 1. The van der Waals surface area contributed by atoms with Crippen molar-refractivity contribution in [2.24, 2.45) is 17.8 Å². The van der Waals surface area contributed by atoms with Gasteiger partial charge in [0.2, 0.25) is 0 Å². The summed E-state index contributed by atoms with van der Waals surface area (Å²) in [6, 6.07) is 6.30. The largest absolute Gasteiger partial charge is 0.378 e. The fraction of sp³-hybridized carbons (Fsp3) is 0.704. The van der Waals surface area contributed by atoms with Crippen LogP contribution < -0.4 is 0 Å². The van der Waals surface area contributed by atoms with Gasteiger partial charge in [-0.25, -0.2) is 4.39 Å². The van der Waals surface area contributed by atoms with Gasteiger partial charge in [0.05, 0.1) is 10.8 Å². The van der Waals surface area contributed by atoms with Gasteiger partial charge in [-0.3, -0.25) is 0 Å². The van der Waals surface area contributed by atoms with E-state index in [-0.39, 0.29) is 5.82 Å². The Hall–Kier alpha value is -0.930. The maximum atomic E-state index is 15.0. The van der Waals surface area contributed by atoms with Crippen LogP contribution in [0.4, 0.5) is 4.39 Å². The van der Waals surface area contributed by atoms with Gasteiger partial charge in [0.1, 0.15) is 5.82 Å². The zero-order valence-electron chi connectivity index (χ0n) is 18.9. The molecule has 2 aromatic rings. The molecule has 1 aromatic heterocycles. The second-order valence-electron chi connectivity index (χ2n) is 9.84. The van der Waals surface area contributed by atoms with Crippen LogP contribution in [0.15, 0.2) is 18.2 Å². The summed E-state index contributed by atoms with van der Waals surface area (Å²) in [7, 11) is 0. The van der Waals surface area contributed by atoms with E-state index in [1.54, 1.807) is 11.3 Å². The summed E-state index contributed by atoms with van der Waals surface area (Å²) in [6.45, 7) is 5.37. The molecule has 0 spiro atoms. The van der Waals surface area contributed by atoms with Gasteiger partial charge in [-0.1, -0.05) is 58.1 Å². The number of fused-ring (bicyclic) bond motifs is 1. The second-order valence-corrected chi connectivity index (χ2v) is 11.0. The number of ether oxygens (including phenoxy) is 1. The molecule has 4 rings (SSSR count). The smallest absolute Gasteiger partial charge is 0.144 e. The van der Waals surface area contributed by atoms with E-state index >= 15 is 4.39 Å². The SMILES string of the molecule is CCCc1cc2ccc(CCC3CCC(C4CCC(CCC)CC4)OC3)c(F)c2s1. The summed E-state index contributed by atoms with van der Waals surface area (Å²) < 4.78 is 22.3. The maximum absolute atomic E-state index is 15.0. The first-order chi connectivity index (χ1) is 14.7. The fourth-order valence-corrected chi connectivity index (χ4v) is 6.99. The molecular formula is C27H39FOS. The zero-order valence-corrected chi connectivity index (χ0v) is 19.7. The lowest BCUT2D eigenvalue weighted by Gasteiger charge is -2.38. The molecule has 2 atom stereocenters. The first kappa shape index (κ1) is 22.3. The highest BCUT2D eigenvalue weighted by Crippen LogP contribution is 2.38. The van der Waals surface area contributed by atoms with E-state index in [0.29, 0.717) is 12.0 Å². The third kappa shape index (κ3) is 5.27. The normalized spacial score (nSPS) is 27.6. The molecular weight excluding hydrogens is 391 g/mol. The Morgan fingerprint density at radius 3 is 2.43 bits per heavy atom. The predicted octanol–water partition coefficient (Wildman–Crippen LogP) is 8.33. The van der Waals surface area contributed by atoms with E-state index in [1.807, 2.05) is 6.07 Å². The van der Waals surface area contributed by atoms with E-state index in [4.69, 9.17) is 4.74 Å². The lowest BCUT2D eigenvalue weighted by atomic mass is 9.76. The van der Waals surface area contributed by atoms with Crippen LogP contribution in [0, 0.1) is 23.6 Å². The molecule has 0 bridgehead atoms. The zero-order chi connectivity index (χ0) is 20.9. The monoisotopic (exact) mass is 430 g/mol. The fourth-order valence-electron chi connectivity index (χ4n) is 5.77. The molecule has 1 aliphatic carbocycles. The summed E-state index contributed by atoms with van der Waals surface area (Å²) >= 11 is 1.64. The highest BCUT2D eigenvalue weighted by Gasteiger charge is 2.31. The Morgan fingerprint density at radius 1 is 0.933 bits per heavy atom. The standard InChI is InChI=1S/C27H39FOS/c1-3-5-19-7-11-21(12-8-19)25-16-10-20(18-29-25)9-13-22-14-15-23-17-24(6-4-2)30-27(23)26(22)28/h14-15,17,19-21,25H,3-13,16,18H2,1-2H3. The number of halogens is 1. The summed E-state index contributed by atoms with van der Waals surface area (Å²) in [5.41, 5.74) is 0.892. The van der Waals surface area contributed by atoms with Gasteiger partial charge < -0.3 is 4.74 Å². The first-order valence-corrected chi connectivity index (χ1v) is 13.3. The topological polar surface area (TPSA) is 9.23 Å². The molecule has 1 nitrogen and oxygen atoms in total. The predicted molar refractivity (Wildman–Crippen MR) is 127 cm³/mol. The maximum Gasteiger partial charge on any atom is 0.144 e. The van der Waals surface area contributed by atoms with Crippen molar-refractivity contribution < 1.29 is 9.13 Å². The van der Waals surface area contributed by atoms with Crippen LogP contribution in [-0.2, 0) is 17.6 Å². The lowest BCUT2D eigenvalue weighted by Crippen LogP contribution is -2.34. The third-order valence-corrected chi connectivity index (χ3v) is 8.80. The second kappa shape index (κ2) is 10.6. The Bertz CT molecular complexity index is 797.